The summed E-state index contributed by atoms with van der Waals surface area (Å²) in [6.07, 6.45) is 2.46. The highest BCUT2D eigenvalue weighted by Crippen LogP contribution is 2.39. The minimum absolute atomic E-state index is 0.00376. The number of methoxy groups -OCH3 is 1. The predicted octanol–water partition coefficient (Wildman–Crippen LogP) is 2.96. The van der Waals surface area contributed by atoms with Crippen LogP contribution in [0.2, 0.25) is 0 Å². The second kappa shape index (κ2) is 7.18. The van der Waals surface area contributed by atoms with E-state index in [1.165, 1.54) is 25.3 Å². The molecule has 0 radical (unpaired) electrons. The smallest absolute Gasteiger partial charge is 0.339 e. The van der Waals surface area contributed by atoms with Crippen LogP contribution in [0.4, 0.5) is 11.4 Å². The third-order valence-corrected chi connectivity index (χ3v) is 6.68. The zero-order valence-corrected chi connectivity index (χ0v) is 17.0. The molecule has 152 valence electrons. The van der Waals surface area contributed by atoms with E-state index in [9.17, 15) is 18.0 Å². The number of benzene rings is 2. The van der Waals surface area contributed by atoms with Crippen LogP contribution in [0.25, 0.3) is 0 Å². The molecule has 2 aromatic carbocycles. The van der Waals surface area contributed by atoms with E-state index in [2.05, 4.69) is 4.72 Å². The first kappa shape index (κ1) is 19.4. The van der Waals surface area contributed by atoms with Gasteiger partial charge in [0.15, 0.2) is 0 Å². The van der Waals surface area contributed by atoms with E-state index in [0.717, 1.165) is 24.1 Å². The van der Waals surface area contributed by atoms with Gasteiger partial charge < -0.3 is 9.64 Å². The zero-order chi connectivity index (χ0) is 20.8. The highest BCUT2D eigenvalue weighted by molar-refractivity contribution is 7.92. The molecule has 4 rings (SSSR count). The van der Waals surface area contributed by atoms with Crippen molar-refractivity contribution in [1.29, 1.82) is 0 Å². The van der Waals surface area contributed by atoms with Crippen LogP contribution in [-0.2, 0) is 26.0 Å². The lowest BCUT2D eigenvalue weighted by Gasteiger charge is -2.22. The van der Waals surface area contributed by atoms with Crippen molar-refractivity contribution in [1.82, 2.24) is 0 Å². The fraction of sp³-hybridized carbons (Fsp3) is 0.333. The Morgan fingerprint density at radius 2 is 1.86 bits per heavy atom. The summed E-state index contributed by atoms with van der Waals surface area (Å²) in [6, 6.07) is 11.1. The molecule has 0 saturated heterocycles. The molecule has 1 aliphatic heterocycles. The van der Waals surface area contributed by atoms with Gasteiger partial charge in [0.05, 0.1) is 23.3 Å². The van der Waals surface area contributed by atoms with Crippen molar-refractivity contribution < 1.29 is 22.7 Å². The number of anilines is 2. The van der Waals surface area contributed by atoms with Crippen LogP contribution in [0.15, 0.2) is 47.4 Å². The van der Waals surface area contributed by atoms with Gasteiger partial charge >= 0.3 is 5.97 Å². The zero-order valence-electron chi connectivity index (χ0n) is 16.2. The van der Waals surface area contributed by atoms with Gasteiger partial charge in [-0.2, -0.15) is 0 Å². The van der Waals surface area contributed by atoms with Gasteiger partial charge in [-0.3, -0.25) is 9.52 Å². The number of hydrogen-bond acceptors (Lipinski definition) is 5. The molecule has 8 heteroatoms. The maximum absolute atomic E-state index is 12.9. The molecule has 1 fully saturated rings. The fourth-order valence-corrected chi connectivity index (χ4v) is 4.83. The highest BCUT2D eigenvalue weighted by Gasteiger charge is 2.39. The first-order valence-electron chi connectivity index (χ1n) is 9.48. The topological polar surface area (TPSA) is 92.8 Å². The molecule has 1 heterocycles. The number of para-hydroxylation sites is 1. The number of fused-ring (bicyclic) bond motifs is 1. The number of sulfonamides is 1. The number of hydrogen-bond donors (Lipinski definition) is 1. The second-order valence-electron chi connectivity index (χ2n) is 7.47. The molecule has 7 nitrogen and oxygen atoms in total. The molecule has 1 saturated carbocycles. The maximum Gasteiger partial charge on any atom is 0.339 e. The van der Waals surface area contributed by atoms with Crippen LogP contribution >= 0.6 is 0 Å². The molecule has 0 spiro atoms. The molecular weight excluding hydrogens is 392 g/mol. The van der Waals surface area contributed by atoms with Crippen molar-refractivity contribution in [2.24, 2.45) is 5.92 Å². The van der Waals surface area contributed by atoms with Gasteiger partial charge in [-0.15, -0.1) is 0 Å². The molecule has 1 amide bonds. The van der Waals surface area contributed by atoms with Crippen LogP contribution in [-0.4, -0.2) is 33.4 Å². The average molecular weight is 414 g/mol. The van der Waals surface area contributed by atoms with Crippen molar-refractivity contribution >= 4 is 33.3 Å². The Balaban J connectivity index is 1.64. The van der Waals surface area contributed by atoms with Crippen LogP contribution < -0.4 is 9.62 Å². The van der Waals surface area contributed by atoms with E-state index in [4.69, 9.17) is 4.74 Å². The number of amides is 1. The molecule has 0 aromatic heterocycles. The third-order valence-electron chi connectivity index (χ3n) is 5.32. The Bertz CT molecular complexity index is 1090. The van der Waals surface area contributed by atoms with Crippen molar-refractivity contribution in [3.05, 3.63) is 53.6 Å². The van der Waals surface area contributed by atoms with Gasteiger partial charge in [0.1, 0.15) is 0 Å². The van der Waals surface area contributed by atoms with Gasteiger partial charge in [-0.05, 0) is 62.1 Å². The minimum atomic E-state index is -3.92. The number of ether oxygens (including phenoxy) is 1. The summed E-state index contributed by atoms with van der Waals surface area (Å²) in [5, 5.41) is 0. The Hall–Kier alpha value is -2.87. The minimum Gasteiger partial charge on any atom is -0.465 e. The Morgan fingerprint density at radius 3 is 2.55 bits per heavy atom. The Morgan fingerprint density at radius 1 is 1.14 bits per heavy atom. The van der Waals surface area contributed by atoms with E-state index in [-0.39, 0.29) is 34.0 Å². The Kier molecular flexibility index (Phi) is 4.82. The van der Waals surface area contributed by atoms with Crippen LogP contribution in [0.3, 0.4) is 0 Å². The fourth-order valence-electron chi connectivity index (χ4n) is 3.70. The largest absolute Gasteiger partial charge is 0.465 e. The molecule has 1 atom stereocenters. The molecule has 1 N–H and O–H groups in total. The van der Waals surface area contributed by atoms with Gasteiger partial charge in [-0.1, -0.05) is 12.1 Å². The molecule has 29 heavy (non-hydrogen) atoms. The van der Waals surface area contributed by atoms with Crippen molar-refractivity contribution in [2.75, 3.05) is 16.7 Å². The van der Waals surface area contributed by atoms with Crippen LogP contribution in [0, 0.1) is 5.92 Å². The number of carbonyl (C=O) groups excluding carboxylic acids is 2. The molecule has 2 aliphatic rings. The monoisotopic (exact) mass is 414 g/mol. The first-order chi connectivity index (χ1) is 13.8. The van der Waals surface area contributed by atoms with E-state index >= 15 is 0 Å². The number of nitrogens with zero attached hydrogens (tertiary/aromatic N) is 1. The quantitative estimate of drug-likeness (QED) is 0.760. The first-order valence-corrected chi connectivity index (χ1v) is 11.0. The second-order valence-corrected chi connectivity index (χ2v) is 9.15. The molecule has 1 aliphatic carbocycles. The van der Waals surface area contributed by atoms with Crippen molar-refractivity contribution in [3.63, 3.8) is 0 Å². The summed E-state index contributed by atoms with van der Waals surface area (Å²) in [4.78, 5) is 26.4. The van der Waals surface area contributed by atoms with Gasteiger partial charge in [0.2, 0.25) is 5.91 Å². The molecule has 0 unspecified atom stereocenters. The van der Waals surface area contributed by atoms with E-state index in [0.29, 0.717) is 6.42 Å². The summed E-state index contributed by atoms with van der Waals surface area (Å²) in [6.45, 7) is 1.97. The average Bonchev–Trinajstić information content (AvgIpc) is 3.49. The van der Waals surface area contributed by atoms with E-state index in [1.807, 2.05) is 6.92 Å². The summed E-state index contributed by atoms with van der Waals surface area (Å²) in [5.41, 5.74) is 1.90. The summed E-state index contributed by atoms with van der Waals surface area (Å²) >= 11 is 0. The third kappa shape index (κ3) is 3.60. The van der Waals surface area contributed by atoms with Gasteiger partial charge in [0.25, 0.3) is 10.0 Å². The van der Waals surface area contributed by atoms with Gasteiger partial charge in [0, 0.05) is 17.6 Å². The lowest BCUT2D eigenvalue weighted by atomic mass is 10.1. The molecule has 2 aromatic rings. The van der Waals surface area contributed by atoms with E-state index in [1.54, 1.807) is 29.2 Å². The van der Waals surface area contributed by atoms with E-state index < -0.39 is 16.0 Å². The number of nitrogens with one attached hydrogen (secondary N) is 1. The summed E-state index contributed by atoms with van der Waals surface area (Å²) in [7, 11) is -2.68. The van der Waals surface area contributed by atoms with Crippen LogP contribution in [0.1, 0.15) is 35.7 Å². The van der Waals surface area contributed by atoms with Crippen molar-refractivity contribution in [2.45, 2.75) is 37.1 Å². The number of rotatable bonds is 5. The maximum atomic E-state index is 12.9. The van der Waals surface area contributed by atoms with Crippen molar-refractivity contribution in [3.8, 4) is 0 Å². The number of esters is 1. The van der Waals surface area contributed by atoms with Gasteiger partial charge in [-0.25, -0.2) is 13.2 Å². The standard InChI is InChI=1S/C21H22N2O5S/c1-13-11-15-12-16(9-10-19(15)23(13)20(24)14-7-8-14)29(26,27)22-18-6-4-3-5-17(18)21(25)28-2/h3-6,9-10,12-14,22H,7-8,11H2,1-2H3/t13-/m1/s1. The highest BCUT2D eigenvalue weighted by atomic mass is 32.2. The molecule has 0 bridgehead atoms. The summed E-state index contributed by atoms with van der Waals surface area (Å²) < 4.78 is 33.1. The number of carbonyl (C=O) groups is 2. The SMILES string of the molecule is COC(=O)c1ccccc1NS(=O)(=O)c1ccc2c(c1)C[C@@H](C)N2C(=O)C1CC1. The normalized spacial score (nSPS) is 18.3. The molecular formula is C21H22N2O5S. The van der Waals surface area contributed by atoms with Crippen LogP contribution in [0.5, 0.6) is 0 Å². The lowest BCUT2D eigenvalue weighted by molar-refractivity contribution is -0.120. The Labute approximate surface area is 169 Å². The summed E-state index contributed by atoms with van der Waals surface area (Å²) in [5.74, 6) is -0.402. The predicted molar refractivity (Wildman–Crippen MR) is 108 cm³/mol. The lowest BCUT2D eigenvalue weighted by Crippen LogP contribution is -2.36.